The van der Waals surface area contributed by atoms with E-state index >= 15 is 0 Å². The van der Waals surface area contributed by atoms with E-state index in [2.05, 4.69) is 39.5 Å². The fourth-order valence-corrected chi connectivity index (χ4v) is 4.63. The smallest absolute Gasteiger partial charge is 0.256 e. The number of nitrogens with zero attached hydrogens (tertiary/aromatic N) is 2. The Hall–Kier alpha value is -3.12. The average Bonchev–Trinajstić information content (AvgIpc) is 3.19. The van der Waals surface area contributed by atoms with Crippen molar-refractivity contribution < 1.29 is 9.59 Å². The Labute approximate surface area is 182 Å². The van der Waals surface area contributed by atoms with Crippen molar-refractivity contribution in [1.82, 2.24) is 20.1 Å². The first-order chi connectivity index (χ1) is 15.2. The monoisotopic (exact) mass is 416 g/mol. The molecule has 2 N–H and O–H groups in total. The van der Waals surface area contributed by atoms with Crippen molar-refractivity contribution in [2.75, 3.05) is 26.2 Å². The second kappa shape index (κ2) is 8.55. The van der Waals surface area contributed by atoms with Crippen LogP contribution in [0.2, 0.25) is 0 Å². The summed E-state index contributed by atoms with van der Waals surface area (Å²) < 4.78 is 0. The molecule has 0 aliphatic carbocycles. The fourth-order valence-electron chi connectivity index (χ4n) is 4.63. The predicted molar refractivity (Wildman–Crippen MR) is 121 cm³/mol. The SMILES string of the molecule is O=C(NC1CCN(Cc2ccccc2)CC1)C1CN(C(=O)c2c[nH]c3ccccc23)C1. The number of para-hydroxylation sites is 1. The van der Waals surface area contributed by atoms with Gasteiger partial charge in [-0.3, -0.25) is 14.5 Å². The third-order valence-electron chi connectivity index (χ3n) is 6.54. The Kier molecular flexibility index (Phi) is 5.47. The number of amides is 2. The van der Waals surface area contributed by atoms with Crippen LogP contribution in [0, 0.1) is 5.92 Å². The van der Waals surface area contributed by atoms with Crippen LogP contribution >= 0.6 is 0 Å². The van der Waals surface area contributed by atoms with Gasteiger partial charge in [0, 0.05) is 55.9 Å². The second-order valence-corrected chi connectivity index (χ2v) is 8.70. The number of H-pyrrole nitrogens is 1. The van der Waals surface area contributed by atoms with Crippen LogP contribution in [0.3, 0.4) is 0 Å². The topological polar surface area (TPSA) is 68.4 Å². The number of piperidine rings is 1. The molecule has 2 aromatic carbocycles. The number of fused-ring (bicyclic) bond motifs is 1. The number of nitrogens with one attached hydrogen (secondary N) is 2. The molecule has 6 nitrogen and oxygen atoms in total. The first kappa shape index (κ1) is 19.8. The zero-order valence-corrected chi connectivity index (χ0v) is 17.6. The number of likely N-dealkylation sites (tertiary alicyclic amines) is 2. The second-order valence-electron chi connectivity index (χ2n) is 8.70. The molecule has 3 aromatic rings. The average molecular weight is 417 g/mol. The summed E-state index contributed by atoms with van der Waals surface area (Å²) in [6.45, 7) is 3.95. The van der Waals surface area contributed by atoms with Gasteiger partial charge in [0.15, 0.2) is 0 Å². The van der Waals surface area contributed by atoms with Crippen LogP contribution in [-0.4, -0.2) is 58.8 Å². The van der Waals surface area contributed by atoms with Gasteiger partial charge in [0.1, 0.15) is 0 Å². The van der Waals surface area contributed by atoms with Gasteiger partial charge in [-0.05, 0) is 24.5 Å². The van der Waals surface area contributed by atoms with Gasteiger partial charge in [0.25, 0.3) is 5.91 Å². The van der Waals surface area contributed by atoms with Gasteiger partial charge >= 0.3 is 0 Å². The molecule has 3 heterocycles. The Morgan fingerprint density at radius 3 is 2.45 bits per heavy atom. The molecule has 2 amide bonds. The first-order valence-corrected chi connectivity index (χ1v) is 11.1. The van der Waals surface area contributed by atoms with E-state index < -0.39 is 0 Å². The van der Waals surface area contributed by atoms with Crippen molar-refractivity contribution in [3.63, 3.8) is 0 Å². The molecule has 0 bridgehead atoms. The summed E-state index contributed by atoms with van der Waals surface area (Å²) in [6.07, 6.45) is 3.72. The maximum atomic E-state index is 12.8. The lowest BCUT2D eigenvalue weighted by molar-refractivity contribution is -0.130. The molecule has 6 heteroatoms. The third-order valence-corrected chi connectivity index (χ3v) is 6.54. The molecule has 31 heavy (non-hydrogen) atoms. The predicted octanol–water partition coefficient (Wildman–Crippen LogP) is 3.02. The van der Waals surface area contributed by atoms with E-state index in [0.717, 1.165) is 43.4 Å². The van der Waals surface area contributed by atoms with Crippen molar-refractivity contribution in [3.8, 4) is 0 Å². The molecule has 160 valence electrons. The zero-order chi connectivity index (χ0) is 21.2. The highest BCUT2D eigenvalue weighted by molar-refractivity contribution is 6.07. The lowest BCUT2D eigenvalue weighted by atomic mass is 9.96. The Bertz CT molecular complexity index is 1060. The number of hydrogen-bond donors (Lipinski definition) is 2. The Morgan fingerprint density at radius 1 is 0.968 bits per heavy atom. The van der Waals surface area contributed by atoms with Gasteiger partial charge in [0.2, 0.25) is 5.91 Å². The zero-order valence-electron chi connectivity index (χ0n) is 17.6. The standard InChI is InChI=1S/C25H28N4O2/c30-24(27-20-10-12-28(13-11-20)15-18-6-2-1-3-7-18)19-16-29(17-19)25(31)22-14-26-23-9-5-4-8-21(22)23/h1-9,14,19-20,26H,10-13,15-17H2,(H,27,30). The molecular weight excluding hydrogens is 388 g/mol. The molecule has 0 spiro atoms. The van der Waals surface area contributed by atoms with Crippen molar-refractivity contribution >= 4 is 22.7 Å². The quantitative estimate of drug-likeness (QED) is 0.672. The number of carbonyl (C=O) groups excluding carboxylic acids is 2. The number of aromatic amines is 1. The molecule has 2 fully saturated rings. The lowest BCUT2D eigenvalue weighted by Crippen LogP contribution is -2.57. The molecule has 5 rings (SSSR count). The van der Waals surface area contributed by atoms with E-state index in [1.165, 1.54) is 5.56 Å². The molecule has 0 radical (unpaired) electrons. The summed E-state index contributed by atoms with van der Waals surface area (Å²) in [6, 6.07) is 18.5. The third kappa shape index (κ3) is 4.21. The van der Waals surface area contributed by atoms with E-state index in [0.29, 0.717) is 18.7 Å². The summed E-state index contributed by atoms with van der Waals surface area (Å²) >= 11 is 0. The number of rotatable bonds is 5. The van der Waals surface area contributed by atoms with Crippen molar-refractivity contribution in [2.45, 2.75) is 25.4 Å². The highest BCUT2D eigenvalue weighted by Gasteiger charge is 2.37. The summed E-state index contributed by atoms with van der Waals surface area (Å²) in [5.74, 6) is -0.0169. The molecule has 0 atom stereocenters. The summed E-state index contributed by atoms with van der Waals surface area (Å²) in [7, 11) is 0. The summed E-state index contributed by atoms with van der Waals surface area (Å²) in [5, 5.41) is 4.15. The van der Waals surface area contributed by atoms with E-state index in [-0.39, 0.29) is 23.8 Å². The number of aromatic nitrogens is 1. The minimum Gasteiger partial charge on any atom is -0.360 e. The van der Waals surface area contributed by atoms with Crippen LogP contribution in [0.25, 0.3) is 10.9 Å². The Morgan fingerprint density at radius 2 is 1.68 bits per heavy atom. The maximum absolute atomic E-state index is 12.8. The number of benzene rings is 2. The van der Waals surface area contributed by atoms with Gasteiger partial charge in [-0.2, -0.15) is 0 Å². The summed E-state index contributed by atoms with van der Waals surface area (Å²) in [5.41, 5.74) is 2.97. The van der Waals surface area contributed by atoms with Crippen molar-refractivity contribution in [2.24, 2.45) is 5.92 Å². The highest BCUT2D eigenvalue weighted by Crippen LogP contribution is 2.24. The van der Waals surface area contributed by atoms with Gasteiger partial charge in [-0.25, -0.2) is 0 Å². The minimum atomic E-state index is -0.100. The van der Waals surface area contributed by atoms with Crippen LogP contribution in [0.15, 0.2) is 60.8 Å². The largest absolute Gasteiger partial charge is 0.360 e. The van der Waals surface area contributed by atoms with Gasteiger partial charge in [0.05, 0.1) is 11.5 Å². The first-order valence-electron chi connectivity index (χ1n) is 11.1. The molecule has 0 saturated carbocycles. The molecule has 2 aliphatic rings. The number of hydrogen-bond acceptors (Lipinski definition) is 3. The molecule has 2 saturated heterocycles. The molecule has 2 aliphatic heterocycles. The normalized spacial score (nSPS) is 18.1. The van der Waals surface area contributed by atoms with Crippen LogP contribution in [-0.2, 0) is 11.3 Å². The van der Waals surface area contributed by atoms with Crippen molar-refractivity contribution in [3.05, 3.63) is 71.9 Å². The van der Waals surface area contributed by atoms with E-state index in [1.54, 1.807) is 11.1 Å². The van der Waals surface area contributed by atoms with Gasteiger partial charge in [-0.1, -0.05) is 48.5 Å². The van der Waals surface area contributed by atoms with Crippen LogP contribution in [0.4, 0.5) is 0 Å². The van der Waals surface area contributed by atoms with Crippen LogP contribution in [0.5, 0.6) is 0 Å². The highest BCUT2D eigenvalue weighted by atomic mass is 16.2. The molecule has 1 aromatic heterocycles. The number of carbonyl (C=O) groups is 2. The maximum Gasteiger partial charge on any atom is 0.256 e. The Balaban J connectivity index is 1.08. The fraction of sp³-hybridized carbons (Fsp3) is 0.360. The lowest BCUT2D eigenvalue weighted by Gasteiger charge is -2.39. The van der Waals surface area contributed by atoms with E-state index in [9.17, 15) is 9.59 Å². The van der Waals surface area contributed by atoms with E-state index in [1.807, 2.05) is 30.3 Å². The summed E-state index contributed by atoms with van der Waals surface area (Å²) in [4.78, 5) is 32.8. The van der Waals surface area contributed by atoms with Gasteiger partial charge < -0.3 is 15.2 Å². The minimum absolute atomic E-state index is 0.00396. The molecule has 0 unspecified atom stereocenters. The van der Waals surface area contributed by atoms with Crippen LogP contribution < -0.4 is 5.32 Å². The van der Waals surface area contributed by atoms with Crippen LogP contribution in [0.1, 0.15) is 28.8 Å². The molecular formula is C25H28N4O2. The van der Waals surface area contributed by atoms with Crippen molar-refractivity contribution in [1.29, 1.82) is 0 Å². The van der Waals surface area contributed by atoms with Gasteiger partial charge in [-0.15, -0.1) is 0 Å². The van der Waals surface area contributed by atoms with E-state index in [4.69, 9.17) is 0 Å².